The molecule has 1 atom stereocenters. The lowest BCUT2D eigenvalue weighted by Gasteiger charge is -2.10. The van der Waals surface area contributed by atoms with Crippen LogP contribution in [0, 0.1) is 5.92 Å². The zero-order chi connectivity index (χ0) is 10.5. The normalized spacial score (nSPS) is 14.2. The lowest BCUT2D eigenvalue weighted by molar-refractivity contribution is -0.129. The van der Waals surface area contributed by atoms with Crippen molar-refractivity contribution in [2.24, 2.45) is 5.92 Å². The number of carbonyl (C=O) groups excluding carboxylic acids is 1. The molecular formula is C8H14F3NO. The first kappa shape index (κ1) is 12.4. The number of hydrogen-bond acceptors (Lipinski definition) is 2. The molecule has 0 aromatic carbocycles. The standard InChI is InChI=1S/C8H14F3NO/c1-3-6(2)7(13)4-12-5-8(9,10)11/h6,12H,3-5H2,1-2H3. The molecular weight excluding hydrogens is 183 g/mol. The van der Waals surface area contributed by atoms with Crippen molar-refractivity contribution >= 4 is 5.78 Å². The molecule has 0 radical (unpaired) electrons. The Morgan fingerprint density at radius 3 is 2.38 bits per heavy atom. The Hall–Kier alpha value is -0.580. The van der Waals surface area contributed by atoms with Crippen LogP contribution >= 0.6 is 0 Å². The fourth-order valence-corrected chi connectivity index (χ4v) is 0.729. The van der Waals surface area contributed by atoms with Crippen molar-refractivity contribution in [2.75, 3.05) is 13.1 Å². The number of hydrogen-bond donors (Lipinski definition) is 1. The van der Waals surface area contributed by atoms with Gasteiger partial charge >= 0.3 is 6.18 Å². The molecule has 1 N–H and O–H groups in total. The smallest absolute Gasteiger partial charge is 0.302 e. The molecule has 0 spiro atoms. The van der Waals surface area contributed by atoms with Crippen molar-refractivity contribution in [1.82, 2.24) is 5.32 Å². The molecule has 1 unspecified atom stereocenters. The summed E-state index contributed by atoms with van der Waals surface area (Å²) in [5.74, 6) is -0.340. The first-order valence-electron chi connectivity index (χ1n) is 4.17. The second kappa shape index (κ2) is 5.21. The maximum absolute atomic E-state index is 11.6. The Bertz CT molecular complexity index is 167. The third-order valence-electron chi connectivity index (χ3n) is 1.79. The van der Waals surface area contributed by atoms with E-state index in [1.165, 1.54) is 0 Å². The highest BCUT2D eigenvalue weighted by Gasteiger charge is 2.26. The number of halogens is 3. The van der Waals surface area contributed by atoms with Crippen LogP contribution in [0.1, 0.15) is 20.3 Å². The predicted octanol–water partition coefficient (Wildman–Crippen LogP) is 1.75. The lowest BCUT2D eigenvalue weighted by atomic mass is 10.0. The van der Waals surface area contributed by atoms with Crippen LogP contribution in [0.15, 0.2) is 0 Å². The molecule has 0 fully saturated rings. The van der Waals surface area contributed by atoms with Crippen molar-refractivity contribution in [1.29, 1.82) is 0 Å². The summed E-state index contributed by atoms with van der Waals surface area (Å²) in [6.07, 6.45) is -3.58. The molecule has 2 nitrogen and oxygen atoms in total. The van der Waals surface area contributed by atoms with Crippen LogP contribution in [-0.4, -0.2) is 25.0 Å². The van der Waals surface area contributed by atoms with E-state index in [9.17, 15) is 18.0 Å². The Kier molecular flexibility index (Phi) is 4.98. The molecule has 5 heteroatoms. The summed E-state index contributed by atoms with van der Waals surface area (Å²) in [4.78, 5) is 11.0. The number of Topliss-reactive ketones (excluding diaryl/α,β-unsaturated/α-hetero) is 1. The van der Waals surface area contributed by atoms with Crippen LogP contribution in [0.25, 0.3) is 0 Å². The van der Waals surface area contributed by atoms with Gasteiger partial charge in [0.05, 0.1) is 13.1 Å². The van der Waals surface area contributed by atoms with Crippen LogP contribution in [0.5, 0.6) is 0 Å². The predicted molar refractivity (Wildman–Crippen MR) is 43.4 cm³/mol. The van der Waals surface area contributed by atoms with Crippen LogP contribution in [0.2, 0.25) is 0 Å². The van der Waals surface area contributed by atoms with E-state index in [1.54, 1.807) is 6.92 Å². The van der Waals surface area contributed by atoms with Gasteiger partial charge < -0.3 is 5.32 Å². The third kappa shape index (κ3) is 6.57. The first-order chi connectivity index (χ1) is 5.87. The van der Waals surface area contributed by atoms with E-state index < -0.39 is 12.7 Å². The van der Waals surface area contributed by atoms with E-state index in [-0.39, 0.29) is 18.2 Å². The second-order valence-corrected chi connectivity index (χ2v) is 2.99. The van der Waals surface area contributed by atoms with E-state index in [2.05, 4.69) is 5.32 Å². The largest absolute Gasteiger partial charge is 0.401 e. The Morgan fingerprint density at radius 1 is 1.46 bits per heavy atom. The molecule has 0 saturated carbocycles. The molecule has 0 aliphatic rings. The zero-order valence-electron chi connectivity index (χ0n) is 7.74. The molecule has 78 valence electrons. The zero-order valence-corrected chi connectivity index (χ0v) is 7.74. The molecule has 0 heterocycles. The summed E-state index contributed by atoms with van der Waals surface area (Å²) >= 11 is 0. The van der Waals surface area contributed by atoms with Gasteiger partial charge in [-0.05, 0) is 6.42 Å². The van der Waals surface area contributed by atoms with Gasteiger partial charge in [0.15, 0.2) is 0 Å². The lowest BCUT2D eigenvalue weighted by Crippen LogP contribution is -2.34. The van der Waals surface area contributed by atoms with E-state index >= 15 is 0 Å². The van der Waals surface area contributed by atoms with E-state index in [4.69, 9.17) is 0 Å². The monoisotopic (exact) mass is 197 g/mol. The van der Waals surface area contributed by atoms with E-state index in [1.807, 2.05) is 6.92 Å². The third-order valence-corrected chi connectivity index (χ3v) is 1.79. The molecule has 13 heavy (non-hydrogen) atoms. The average molecular weight is 197 g/mol. The highest BCUT2D eigenvalue weighted by atomic mass is 19.4. The highest BCUT2D eigenvalue weighted by Crippen LogP contribution is 2.12. The number of carbonyl (C=O) groups is 1. The van der Waals surface area contributed by atoms with Gasteiger partial charge in [-0.2, -0.15) is 13.2 Å². The summed E-state index contributed by atoms with van der Waals surface area (Å²) in [5, 5.41) is 2.07. The van der Waals surface area contributed by atoms with Crippen molar-refractivity contribution in [3.8, 4) is 0 Å². The first-order valence-corrected chi connectivity index (χ1v) is 4.17. The molecule has 0 aliphatic heterocycles. The van der Waals surface area contributed by atoms with Crippen molar-refractivity contribution in [2.45, 2.75) is 26.4 Å². The quantitative estimate of drug-likeness (QED) is 0.727. The molecule has 0 bridgehead atoms. The molecule has 0 saturated heterocycles. The maximum Gasteiger partial charge on any atom is 0.401 e. The molecule has 0 aromatic heterocycles. The van der Waals surface area contributed by atoms with Gasteiger partial charge in [-0.1, -0.05) is 13.8 Å². The highest BCUT2D eigenvalue weighted by molar-refractivity contribution is 5.82. The van der Waals surface area contributed by atoms with Crippen molar-refractivity contribution < 1.29 is 18.0 Å². The summed E-state index contributed by atoms with van der Waals surface area (Å²) in [5.41, 5.74) is 0. The fraction of sp³-hybridized carbons (Fsp3) is 0.875. The second-order valence-electron chi connectivity index (χ2n) is 2.99. The summed E-state index contributed by atoms with van der Waals surface area (Å²) in [6, 6.07) is 0. The average Bonchev–Trinajstić information content (AvgIpc) is 2.00. The minimum absolute atomic E-state index is 0.166. The van der Waals surface area contributed by atoms with E-state index in [0.717, 1.165) is 0 Å². The summed E-state index contributed by atoms with van der Waals surface area (Å²) in [7, 11) is 0. The maximum atomic E-state index is 11.6. The molecule has 0 rings (SSSR count). The minimum atomic E-state index is -4.24. The van der Waals surface area contributed by atoms with Gasteiger partial charge in [-0.25, -0.2) is 0 Å². The number of rotatable bonds is 5. The number of alkyl halides is 3. The Morgan fingerprint density at radius 2 is 2.00 bits per heavy atom. The SMILES string of the molecule is CCC(C)C(=O)CNCC(F)(F)F. The van der Waals surface area contributed by atoms with Crippen LogP contribution in [0.4, 0.5) is 13.2 Å². The fourth-order valence-electron chi connectivity index (χ4n) is 0.729. The van der Waals surface area contributed by atoms with Gasteiger partial charge in [-0.3, -0.25) is 4.79 Å². The number of ketones is 1. The Balaban J connectivity index is 3.60. The molecule has 0 aliphatic carbocycles. The minimum Gasteiger partial charge on any atom is -0.302 e. The van der Waals surface area contributed by atoms with Crippen LogP contribution in [-0.2, 0) is 4.79 Å². The van der Waals surface area contributed by atoms with Gasteiger partial charge in [0, 0.05) is 5.92 Å². The van der Waals surface area contributed by atoms with Gasteiger partial charge in [0.1, 0.15) is 5.78 Å². The van der Waals surface area contributed by atoms with Crippen molar-refractivity contribution in [3.63, 3.8) is 0 Å². The van der Waals surface area contributed by atoms with Gasteiger partial charge in [0.25, 0.3) is 0 Å². The molecule has 0 aromatic rings. The van der Waals surface area contributed by atoms with E-state index in [0.29, 0.717) is 6.42 Å². The topological polar surface area (TPSA) is 29.1 Å². The summed E-state index contributed by atoms with van der Waals surface area (Å²) in [6.45, 7) is 2.23. The van der Waals surface area contributed by atoms with Gasteiger partial charge in [-0.15, -0.1) is 0 Å². The Labute approximate surface area is 75.5 Å². The van der Waals surface area contributed by atoms with Crippen molar-refractivity contribution in [3.05, 3.63) is 0 Å². The van der Waals surface area contributed by atoms with Crippen LogP contribution in [0.3, 0.4) is 0 Å². The molecule has 0 amide bonds. The number of nitrogens with one attached hydrogen (secondary N) is 1. The van der Waals surface area contributed by atoms with Crippen LogP contribution < -0.4 is 5.32 Å². The summed E-state index contributed by atoms with van der Waals surface area (Å²) < 4.78 is 34.8. The van der Waals surface area contributed by atoms with Gasteiger partial charge in [0.2, 0.25) is 0 Å².